The first-order valence-electron chi connectivity index (χ1n) is 11.6. The molecule has 0 bridgehead atoms. The van der Waals surface area contributed by atoms with E-state index in [9.17, 15) is 14.7 Å². The minimum Gasteiger partial charge on any atom is -0.493 e. The van der Waals surface area contributed by atoms with Gasteiger partial charge >= 0.3 is 5.69 Å². The van der Waals surface area contributed by atoms with Gasteiger partial charge in [0.1, 0.15) is 5.69 Å². The largest absolute Gasteiger partial charge is 0.493 e. The van der Waals surface area contributed by atoms with E-state index in [2.05, 4.69) is 25.7 Å². The van der Waals surface area contributed by atoms with E-state index in [1.54, 1.807) is 16.8 Å². The Morgan fingerprint density at radius 1 is 1.31 bits per heavy atom. The van der Waals surface area contributed by atoms with Crippen LogP contribution < -0.4 is 27.0 Å². The molecule has 0 spiro atoms. The van der Waals surface area contributed by atoms with E-state index in [-0.39, 0.29) is 23.5 Å². The average molecular weight is 493 g/mol. The Bertz CT molecular complexity index is 1590. The Kier molecular flexibility index (Phi) is 5.46. The lowest BCUT2D eigenvalue weighted by Crippen LogP contribution is -2.36. The summed E-state index contributed by atoms with van der Waals surface area (Å²) in [5, 5.41) is 21.4. The molecular weight excluding hydrogens is 468 g/mol. The molecule has 4 aromatic heterocycles. The van der Waals surface area contributed by atoms with E-state index >= 15 is 0 Å². The van der Waals surface area contributed by atoms with Crippen LogP contribution in [0.5, 0.6) is 5.88 Å². The lowest BCUT2D eigenvalue weighted by Gasteiger charge is -2.10. The van der Waals surface area contributed by atoms with Crippen LogP contribution in [0.15, 0.2) is 34.2 Å². The van der Waals surface area contributed by atoms with Crippen molar-refractivity contribution in [3.05, 3.63) is 56.2 Å². The van der Waals surface area contributed by atoms with E-state index in [4.69, 9.17) is 9.98 Å². The van der Waals surface area contributed by atoms with Gasteiger partial charge in [-0.1, -0.05) is 0 Å². The van der Waals surface area contributed by atoms with Crippen LogP contribution in [0.4, 0.5) is 0 Å². The van der Waals surface area contributed by atoms with Gasteiger partial charge in [-0.2, -0.15) is 9.61 Å². The number of amides is 1. The second-order valence-corrected chi connectivity index (χ2v) is 9.93. The van der Waals surface area contributed by atoms with Crippen LogP contribution in [0.3, 0.4) is 0 Å². The summed E-state index contributed by atoms with van der Waals surface area (Å²) in [6, 6.07) is 6.19. The molecule has 35 heavy (non-hydrogen) atoms. The first-order valence-corrected chi connectivity index (χ1v) is 12.4. The molecule has 4 aromatic rings. The standard InChI is InChI=1S/C23H24N8O3S/c32-21-16(29-23(34)30-21)8-12-10-26-31-19(27-13-3-4-13)9-15(28-20(12)31)17-5-6-18(35-17)22(33)25-11-14-2-1-7-24-14/h5-6,8-10,13-14,24,32H,1-4,7,11H2,(H,25,33)(H2,29,30,34)/b12-8+,27-19?. The molecular formula is C23H24N8O3S. The molecule has 1 amide bonds. The number of nitrogens with one attached hydrogen (secondary N) is 4. The predicted molar refractivity (Wildman–Crippen MR) is 130 cm³/mol. The van der Waals surface area contributed by atoms with Crippen molar-refractivity contribution in [2.24, 2.45) is 4.99 Å². The Balaban J connectivity index is 1.38. The second-order valence-electron chi connectivity index (χ2n) is 8.85. The number of carbonyl (C=O) groups is 1. The summed E-state index contributed by atoms with van der Waals surface area (Å²) in [7, 11) is 0. The molecule has 1 unspecified atom stereocenters. The maximum Gasteiger partial charge on any atom is 0.326 e. The van der Waals surface area contributed by atoms with Crippen LogP contribution in [0.1, 0.15) is 41.0 Å². The summed E-state index contributed by atoms with van der Waals surface area (Å²) in [6.07, 6.45) is 7.52. The normalized spacial score (nSPS) is 19.1. The SMILES string of the molecule is O=C(NCC1CCCN1)c1ccc(-c2cc(=NC3CC3)n3nc/c(=C\c4[nH]c(=O)[nH]c4O)c3n2)s1. The molecule has 0 aromatic carbocycles. The van der Waals surface area contributed by atoms with E-state index in [0.717, 1.165) is 37.1 Å². The number of aromatic hydroxyl groups is 1. The molecule has 180 valence electrons. The molecule has 1 atom stereocenters. The van der Waals surface area contributed by atoms with Crippen molar-refractivity contribution in [2.75, 3.05) is 13.1 Å². The molecule has 2 fully saturated rings. The van der Waals surface area contributed by atoms with Gasteiger partial charge in [-0.3, -0.25) is 14.8 Å². The van der Waals surface area contributed by atoms with Gasteiger partial charge in [-0.15, -0.1) is 11.3 Å². The second kappa shape index (κ2) is 8.78. The van der Waals surface area contributed by atoms with Gasteiger partial charge < -0.3 is 20.7 Å². The first kappa shape index (κ1) is 21.7. The minimum atomic E-state index is -0.503. The maximum absolute atomic E-state index is 12.7. The van der Waals surface area contributed by atoms with Gasteiger partial charge in [0, 0.05) is 23.9 Å². The molecule has 1 aliphatic carbocycles. The van der Waals surface area contributed by atoms with E-state index in [1.807, 2.05) is 18.2 Å². The molecule has 5 heterocycles. The Morgan fingerprint density at radius 2 is 2.20 bits per heavy atom. The number of nitrogens with zero attached hydrogens (tertiary/aromatic N) is 4. The van der Waals surface area contributed by atoms with Crippen LogP contribution in [-0.2, 0) is 0 Å². The van der Waals surface area contributed by atoms with Crippen molar-refractivity contribution in [3.63, 3.8) is 0 Å². The zero-order valence-corrected chi connectivity index (χ0v) is 19.6. The summed E-state index contributed by atoms with van der Waals surface area (Å²) in [5.41, 5.74) is 1.63. The van der Waals surface area contributed by atoms with Crippen molar-refractivity contribution in [1.29, 1.82) is 0 Å². The van der Waals surface area contributed by atoms with E-state index in [1.165, 1.54) is 11.3 Å². The lowest BCUT2D eigenvalue weighted by atomic mass is 10.2. The third-order valence-electron chi connectivity index (χ3n) is 6.13. The smallest absolute Gasteiger partial charge is 0.326 e. The zero-order chi connectivity index (χ0) is 23.9. The Hall–Kier alpha value is -3.77. The van der Waals surface area contributed by atoms with Crippen molar-refractivity contribution in [2.45, 2.75) is 37.8 Å². The monoisotopic (exact) mass is 492 g/mol. The molecule has 6 rings (SSSR count). The molecule has 1 saturated carbocycles. The number of H-pyrrole nitrogens is 2. The number of aromatic amines is 2. The number of hydrogen-bond acceptors (Lipinski definition) is 8. The van der Waals surface area contributed by atoms with Crippen LogP contribution in [0, 0.1) is 0 Å². The number of hydrogen-bond donors (Lipinski definition) is 5. The maximum atomic E-state index is 12.7. The highest BCUT2D eigenvalue weighted by molar-refractivity contribution is 7.17. The molecule has 5 N–H and O–H groups in total. The Labute approximate surface area is 202 Å². The highest BCUT2D eigenvalue weighted by Crippen LogP contribution is 2.27. The van der Waals surface area contributed by atoms with Gasteiger partial charge in [0.2, 0.25) is 5.88 Å². The number of fused-ring (bicyclic) bond motifs is 1. The fraction of sp³-hybridized carbons (Fsp3) is 0.348. The molecule has 2 aliphatic rings. The third kappa shape index (κ3) is 4.49. The average Bonchev–Trinajstić information content (AvgIpc) is 3.28. The number of imidazole rings is 1. The summed E-state index contributed by atoms with van der Waals surface area (Å²) in [6.45, 7) is 1.61. The summed E-state index contributed by atoms with van der Waals surface area (Å²) < 4.78 is 1.66. The topological polar surface area (TPSA) is 153 Å². The number of rotatable bonds is 6. The van der Waals surface area contributed by atoms with Gasteiger partial charge in [-0.05, 0) is 50.4 Å². The zero-order valence-electron chi connectivity index (χ0n) is 18.7. The predicted octanol–water partition coefficient (Wildman–Crippen LogP) is 0.272. The van der Waals surface area contributed by atoms with Crippen molar-refractivity contribution in [1.82, 2.24) is 35.2 Å². The third-order valence-corrected chi connectivity index (χ3v) is 7.24. The number of aromatic nitrogens is 5. The highest BCUT2D eigenvalue weighted by Gasteiger charge is 2.21. The first-order chi connectivity index (χ1) is 17.0. The minimum absolute atomic E-state index is 0.0934. The lowest BCUT2D eigenvalue weighted by molar-refractivity contribution is 0.0954. The van der Waals surface area contributed by atoms with E-state index < -0.39 is 5.69 Å². The van der Waals surface area contributed by atoms with Crippen LogP contribution >= 0.6 is 11.3 Å². The van der Waals surface area contributed by atoms with Gasteiger partial charge in [0.25, 0.3) is 5.91 Å². The van der Waals surface area contributed by atoms with Gasteiger partial charge in [0.05, 0.1) is 27.7 Å². The van der Waals surface area contributed by atoms with Gasteiger partial charge in [0.15, 0.2) is 11.1 Å². The fourth-order valence-corrected chi connectivity index (χ4v) is 5.04. The van der Waals surface area contributed by atoms with E-state index in [0.29, 0.717) is 39.5 Å². The highest BCUT2D eigenvalue weighted by atomic mass is 32.1. The molecule has 1 saturated heterocycles. The molecule has 12 heteroatoms. The molecule has 11 nitrogen and oxygen atoms in total. The Morgan fingerprint density at radius 3 is 2.94 bits per heavy atom. The summed E-state index contributed by atoms with van der Waals surface area (Å²) in [4.78, 5) is 40.1. The van der Waals surface area contributed by atoms with Crippen LogP contribution in [0.25, 0.3) is 22.3 Å². The van der Waals surface area contributed by atoms with Crippen LogP contribution in [0.2, 0.25) is 0 Å². The van der Waals surface area contributed by atoms with Crippen molar-refractivity contribution >= 4 is 29.0 Å². The molecule has 0 radical (unpaired) electrons. The van der Waals surface area contributed by atoms with Gasteiger partial charge in [-0.25, -0.2) is 9.78 Å². The van der Waals surface area contributed by atoms with Crippen molar-refractivity contribution < 1.29 is 9.90 Å². The fourth-order valence-electron chi connectivity index (χ4n) is 4.15. The quantitative estimate of drug-likeness (QED) is 0.261. The summed E-state index contributed by atoms with van der Waals surface area (Å²) >= 11 is 1.38. The summed E-state index contributed by atoms with van der Waals surface area (Å²) in [5.74, 6) is -0.348. The molecule has 1 aliphatic heterocycles. The van der Waals surface area contributed by atoms with Crippen LogP contribution in [-0.4, -0.2) is 60.8 Å². The number of thiophene rings is 1. The number of carbonyl (C=O) groups excluding carboxylic acids is 1. The van der Waals surface area contributed by atoms with Crippen molar-refractivity contribution in [3.8, 4) is 16.5 Å².